The molecule has 0 radical (unpaired) electrons. The van der Waals surface area contributed by atoms with E-state index in [0.29, 0.717) is 6.54 Å². The Labute approximate surface area is 103 Å². The van der Waals surface area contributed by atoms with Crippen molar-refractivity contribution in [3.05, 3.63) is 12.7 Å². The van der Waals surface area contributed by atoms with Gasteiger partial charge in [-0.2, -0.15) is 0 Å². The molecule has 0 aromatic heterocycles. The molecular formula is C13H23NO3. The average molecular weight is 241 g/mol. The Morgan fingerprint density at radius 2 is 2.29 bits per heavy atom. The monoisotopic (exact) mass is 241 g/mol. The summed E-state index contributed by atoms with van der Waals surface area (Å²) in [7, 11) is 0. The van der Waals surface area contributed by atoms with Gasteiger partial charge in [0.2, 0.25) is 0 Å². The summed E-state index contributed by atoms with van der Waals surface area (Å²) >= 11 is 0. The molecule has 98 valence electrons. The van der Waals surface area contributed by atoms with Gasteiger partial charge in [0.15, 0.2) is 0 Å². The second kappa shape index (κ2) is 5.54. The number of aliphatic hydroxyl groups is 1. The molecule has 4 heteroatoms. The van der Waals surface area contributed by atoms with Crippen molar-refractivity contribution in [2.45, 2.75) is 45.3 Å². The molecule has 1 amide bonds. The lowest BCUT2D eigenvalue weighted by Gasteiger charge is -2.31. The van der Waals surface area contributed by atoms with Crippen LogP contribution in [-0.4, -0.2) is 40.9 Å². The normalized spacial score (nSPS) is 22.4. The van der Waals surface area contributed by atoms with Crippen LogP contribution in [0.3, 0.4) is 0 Å². The Balaban J connectivity index is 2.69. The number of hydrogen-bond donors (Lipinski definition) is 1. The maximum atomic E-state index is 12.0. The molecule has 1 saturated heterocycles. The SMILES string of the molecule is C=CC(CO)C1CCCN1C(=O)OC(C)(C)C. The number of rotatable bonds is 3. The molecule has 1 aliphatic heterocycles. The Bertz CT molecular complexity index is 283. The van der Waals surface area contributed by atoms with Crippen LogP contribution in [0.4, 0.5) is 4.79 Å². The summed E-state index contributed by atoms with van der Waals surface area (Å²) in [5.74, 6) is -0.0648. The molecule has 0 spiro atoms. The molecule has 1 aliphatic rings. The highest BCUT2D eigenvalue weighted by Gasteiger charge is 2.35. The zero-order valence-electron chi connectivity index (χ0n) is 11.0. The average Bonchev–Trinajstić information content (AvgIpc) is 2.66. The standard InChI is InChI=1S/C13H23NO3/c1-5-10(9-15)11-7-6-8-14(11)12(16)17-13(2,3)4/h5,10-11,15H,1,6-9H2,2-4H3. The van der Waals surface area contributed by atoms with Crippen molar-refractivity contribution >= 4 is 6.09 Å². The van der Waals surface area contributed by atoms with E-state index in [2.05, 4.69) is 6.58 Å². The van der Waals surface area contributed by atoms with Crippen LogP contribution in [0, 0.1) is 5.92 Å². The van der Waals surface area contributed by atoms with Crippen LogP contribution in [-0.2, 0) is 4.74 Å². The number of nitrogens with zero attached hydrogens (tertiary/aromatic N) is 1. The van der Waals surface area contributed by atoms with Gasteiger partial charge >= 0.3 is 6.09 Å². The molecule has 0 aromatic rings. The van der Waals surface area contributed by atoms with Crippen molar-refractivity contribution < 1.29 is 14.6 Å². The molecule has 2 atom stereocenters. The third-order valence-corrected chi connectivity index (χ3v) is 2.94. The summed E-state index contributed by atoms with van der Waals surface area (Å²) in [6, 6.07) is 0.0207. The van der Waals surface area contributed by atoms with E-state index in [-0.39, 0.29) is 24.7 Å². The number of amides is 1. The van der Waals surface area contributed by atoms with Gasteiger partial charge in [0.05, 0.1) is 6.61 Å². The summed E-state index contributed by atoms with van der Waals surface area (Å²) in [5.41, 5.74) is -0.479. The molecule has 0 aliphatic carbocycles. The van der Waals surface area contributed by atoms with Crippen molar-refractivity contribution in [3.8, 4) is 0 Å². The van der Waals surface area contributed by atoms with Crippen LogP contribution in [0.5, 0.6) is 0 Å². The van der Waals surface area contributed by atoms with Crippen molar-refractivity contribution in [2.75, 3.05) is 13.2 Å². The molecular weight excluding hydrogens is 218 g/mol. The first-order valence-electron chi connectivity index (χ1n) is 6.12. The van der Waals surface area contributed by atoms with E-state index in [0.717, 1.165) is 12.8 Å². The van der Waals surface area contributed by atoms with Crippen LogP contribution in [0.2, 0.25) is 0 Å². The van der Waals surface area contributed by atoms with E-state index in [1.165, 1.54) is 0 Å². The van der Waals surface area contributed by atoms with Gasteiger partial charge in [-0.25, -0.2) is 4.79 Å². The summed E-state index contributed by atoms with van der Waals surface area (Å²) in [4.78, 5) is 13.7. The van der Waals surface area contributed by atoms with Crippen LogP contribution >= 0.6 is 0 Å². The van der Waals surface area contributed by atoms with Gasteiger partial charge < -0.3 is 14.7 Å². The highest BCUT2D eigenvalue weighted by Crippen LogP contribution is 2.26. The Morgan fingerprint density at radius 1 is 1.65 bits per heavy atom. The van der Waals surface area contributed by atoms with Crippen LogP contribution < -0.4 is 0 Å². The third-order valence-electron chi connectivity index (χ3n) is 2.94. The van der Waals surface area contributed by atoms with Gasteiger partial charge in [-0.15, -0.1) is 6.58 Å². The Morgan fingerprint density at radius 3 is 2.76 bits per heavy atom. The van der Waals surface area contributed by atoms with E-state index in [1.807, 2.05) is 20.8 Å². The fraction of sp³-hybridized carbons (Fsp3) is 0.769. The lowest BCUT2D eigenvalue weighted by molar-refractivity contribution is 0.0172. The van der Waals surface area contributed by atoms with Gasteiger partial charge in [-0.3, -0.25) is 0 Å². The zero-order valence-corrected chi connectivity index (χ0v) is 11.0. The summed E-state index contributed by atoms with van der Waals surface area (Å²) in [6.45, 7) is 9.99. The molecule has 1 fully saturated rings. The molecule has 4 nitrogen and oxygen atoms in total. The summed E-state index contributed by atoms with van der Waals surface area (Å²) in [6.07, 6.45) is 3.28. The van der Waals surface area contributed by atoms with Crippen molar-refractivity contribution in [1.82, 2.24) is 4.90 Å². The molecule has 0 bridgehead atoms. The lowest BCUT2D eigenvalue weighted by Crippen LogP contribution is -2.43. The topological polar surface area (TPSA) is 49.8 Å². The Hall–Kier alpha value is -1.03. The van der Waals surface area contributed by atoms with Gasteiger partial charge in [0, 0.05) is 18.5 Å². The number of carbonyl (C=O) groups excluding carboxylic acids is 1. The maximum Gasteiger partial charge on any atom is 0.410 e. The largest absolute Gasteiger partial charge is 0.444 e. The molecule has 1 heterocycles. The molecule has 2 unspecified atom stereocenters. The molecule has 1 N–H and O–H groups in total. The molecule has 17 heavy (non-hydrogen) atoms. The van der Waals surface area contributed by atoms with Crippen LogP contribution in [0.1, 0.15) is 33.6 Å². The maximum absolute atomic E-state index is 12.0. The molecule has 0 aromatic carbocycles. The summed E-state index contributed by atoms with van der Waals surface area (Å²) < 4.78 is 5.36. The lowest BCUT2D eigenvalue weighted by atomic mass is 9.99. The Kier molecular flexibility index (Phi) is 4.57. The van der Waals surface area contributed by atoms with Gasteiger partial charge in [-0.05, 0) is 33.6 Å². The number of aliphatic hydroxyl groups excluding tert-OH is 1. The minimum Gasteiger partial charge on any atom is -0.444 e. The first kappa shape index (κ1) is 14.0. The van der Waals surface area contributed by atoms with E-state index >= 15 is 0 Å². The number of hydrogen-bond acceptors (Lipinski definition) is 3. The predicted molar refractivity (Wildman–Crippen MR) is 66.7 cm³/mol. The molecule has 0 saturated carbocycles. The highest BCUT2D eigenvalue weighted by atomic mass is 16.6. The number of likely N-dealkylation sites (tertiary alicyclic amines) is 1. The minimum absolute atomic E-state index is 0.0207. The van der Waals surface area contributed by atoms with E-state index in [9.17, 15) is 9.90 Å². The van der Waals surface area contributed by atoms with Crippen molar-refractivity contribution in [2.24, 2.45) is 5.92 Å². The van der Waals surface area contributed by atoms with E-state index in [4.69, 9.17) is 4.74 Å². The van der Waals surface area contributed by atoms with Crippen LogP contribution in [0.25, 0.3) is 0 Å². The van der Waals surface area contributed by atoms with Crippen molar-refractivity contribution in [3.63, 3.8) is 0 Å². The fourth-order valence-corrected chi connectivity index (χ4v) is 2.14. The smallest absolute Gasteiger partial charge is 0.410 e. The van der Waals surface area contributed by atoms with Crippen LogP contribution in [0.15, 0.2) is 12.7 Å². The van der Waals surface area contributed by atoms with E-state index < -0.39 is 5.60 Å². The van der Waals surface area contributed by atoms with Gasteiger partial charge in [0.25, 0.3) is 0 Å². The molecule has 1 rings (SSSR count). The first-order valence-corrected chi connectivity index (χ1v) is 6.12. The van der Waals surface area contributed by atoms with Gasteiger partial charge in [0.1, 0.15) is 5.60 Å². The van der Waals surface area contributed by atoms with Crippen molar-refractivity contribution in [1.29, 1.82) is 0 Å². The first-order chi connectivity index (χ1) is 7.89. The minimum atomic E-state index is -0.479. The van der Waals surface area contributed by atoms with E-state index in [1.54, 1.807) is 11.0 Å². The second-order valence-corrected chi connectivity index (χ2v) is 5.47. The third kappa shape index (κ3) is 3.73. The zero-order chi connectivity index (χ0) is 13.1. The number of ether oxygens (including phenoxy) is 1. The summed E-state index contributed by atoms with van der Waals surface area (Å²) in [5, 5.41) is 9.27. The number of carbonyl (C=O) groups is 1. The highest BCUT2D eigenvalue weighted by molar-refractivity contribution is 5.69. The quantitative estimate of drug-likeness (QED) is 0.770. The second-order valence-electron chi connectivity index (χ2n) is 5.47. The van der Waals surface area contributed by atoms with Gasteiger partial charge in [-0.1, -0.05) is 6.08 Å². The predicted octanol–water partition coefficient (Wildman–Crippen LogP) is 2.18. The fourth-order valence-electron chi connectivity index (χ4n) is 2.14.